The lowest BCUT2D eigenvalue weighted by atomic mass is 9.92. The summed E-state index contributed by atoms with van der Waals surface area (Å²) in [7, 11) is 1.43. The Kier molecular flexibility index (Phi) is 5.64. The molecule has 1 aliphatic rings. The number of carbonyl (C=O) groups excluding carboxylic acids is 1. The number of carbonyl (C=O) groups is 1. The Morgan fingerprint density at radius 1 is 1.39 bits per heavy atom. The van der Waals surface area contributed by atoms with E-state index in [1.807, 2.05) is 6.07 Å². The number of nitrogens with one attached hydrogen (secondary N) is 1. The number of hydrogen-bond acceptors (Lipinski definition) is 5. The van der Waals surface area contributed by atoms with Gasteiger partial charge in [0.2, 0.25) is 12.0 Å². The molecule has 2 aromatic heterocycles. The summed E-state index contributed by atoms with van der Waals surface area (Å²) in [5.74, 6) is -3.70. The number of aromatic nitrogens is 4. The van der Waals surface area contributed by atoms with Crippen LogP contribution in [0.5, 0.6) is 0 Å². The number of nitrogens with zero attached hydrogens (tertiary/aromatic N) is 4. The van der Waals surface area contributed by atoms with Crippen molar-refractivity contribution >= 4 is 5.91 Å². The molecule has 8 nitrogen and oxygen atoms in total. The lowest BCUT2D eigenvalue weighted by molar-refractivity contribution is -0.885. The van der Waals surface area contributed by atoms with Crippen LogP contribution in [0.3, 0.4) is 0 Å². The highest BCUT2D eigenvalue weighted by molar-refractivity contribution is 5.94. The quantitative estimate of drug-likeness (QED) is 0.579. The minimum atomic E-state index is -3.16. The zero-order valence-electron chi connectivity index (χ0n) is 16.8. The van der Waals surface area contributed by atoms with Crippen LogP contribution in [-0.4, -0.2) is 39.5 Å². The summed E-state index contributed by atoms with van der Waals surface area (Å²) < 4.78 is 32.1. The lowest BCUT2D eigenvalue weighted by Gasteiger charge is -2.23. The third kappa shape index (κ3) is 3.98. The van der Waals surface area contributed by atoms with E-state index in [2.05, 4.69) is 15.4 Å². The van der Waals surface area contributed by atoms with Crippen LogP contribution in [0.2, 0.25) is 0 Å². The normalized spacial score (nSPS) is 15.7. The summed E-state index contributed by atoms with van der Waals surface area (Å²) in [5, 5.41) is 16.7. The van der Waals surface area contributed by atoms with Gasteiger partial charge >= 0.3 is 0 Å². The molecule has 1 atom stereocenters. The Hall–Kier alpha value is -3.40. The van der Waals surface area contributed by atoms with E-state index in [0.29, 0.717) is 12.0 Å². The number of rotatable bonds is 6. The van der Waals surface area contributed by atoms with E-state index >= 15 is 0 Å². The topological polar surface area (TPSA) is 93.2 Å². The lowest BCUT2D eigenvalue weighted by Crippen LogP contribution is -2.40. The van der Waals surface area contributed by atoms with Gasteiger partial charge < -0.3 is 10.4 Å². The fourth-order valence-corrected chi connectivity index (χ4v) is 3.75. The Labute approximate surface area is 177 Å². The van der Waals surface area contributed by atoms with Crippen LogP contribution in [0, 0.1) is 0 Å². The second kappa shape index (κ2) is 8.38. The molecule has 0 unspecified atom stereocenters. The number of aliphatic hydroxyl groups excluding tert-OH is 1. The molecule has 3 aromatic rings. The number of halogens is 2. The summed E-state index contributed by atoms with van der Waals surface area (Å²) in [6.45, 7) is -0.344. The average molecular weight is 430 g/mol. The second-order valence-electron chi connectivity index (χ2n) is 7.22. The largest absolute Gasteiger partial charge is 0.394 e. The number of hydrogen-bond donors (Lipinski definition) is 2. The van der Waals surface area contributed by atoms with Crippen molar-refractivity contribution in [2.24, 2.45) is 0 Å². The average Bonchev–Trinajstić information content (AvgIpc) is 3.19. The van der Waals surface area contributed by atoms with Gasteiger partial charge in [-0.2, -0.15) is 13.9 Å². The van der Waals surface area contributed by atoms with Crippen molar-refractivity contribution < 1.29 is 28.2 Å². The van der Waals surface area contributed by atoms with Gasteiger partial charge in [0.15, 0.2) is 5.69 Å². The monoisotopic (exact) mass is 430 g/mol. The van der Waals surface area contributed by atoms with Crippen LogP contribution in [0.15, 0.2) is 48.9 Å². The fourth-order valence-electron chi connectivity index (χ4n) is 3.75. The molecule has 0 saturated heterocycles. The van der Waals surface area contributed by atoms with Gasteiger partial charge in [0.25, 0.3) is 18.0 Å². The molecule has 0 aliphatic heterocycles. The van der Waals surface area contributed by atoms with Crippen molar-refractivity contribution in [1.82, 2.24) is 20.1 Å². The van der Waals surface area contributed by atoms with Crippen molar-refractivity contribution in [3.63, 3.8) is 0 Å². The standard InChI is InChI=1S/C21H21F2N5O3/c1-31-27-11-10-24-17(12-27)28-19-15(8-5-9-21(19,22)23)18(26-28)20(30)25-16(13-29)14-6-3-2-4-7-14/h2-4,6-7,10-12,16,29H,5,8-9,13H2,1H3/p+1/t16-/m1/s1. The molecular formula is C21H22F2N5O3+. The predicted octanol–water partition coefficient (Wildman–Crippen LogP) is 1.50. The Morgan fingerprint density at radius 3 is 2.87 bits per heavy atom. The third-order valence-electron chi connectivity index (χ3n) is 5.24. The van der Waals surface area contributed by atoms with E-state index in [0.717, 1.165) is 4.68 Å². The number of aliphatic hydroxyl groups is 1. The molecule has 2 N–H and O–H groups in total. The van der Waals surface area contributed by atoms with Gasteiger partial charge in [-0.3, -0.25) is 9.63 Å². The number of amides is 1. The van der Waals surface area contributed by atoms with Crippen molar-refractivity contribution in [2.45, 2.75) is 31.2 Å². The van der Waals surface area contributed by atoms with Gasteiger partial charge in [0, 0.05) is 16.7 Å². The minimum Gasteiger partial charge on any atom is -0.394 e. The zero-order chi connectivity index (χ0) is 22.0. The second-order valence-corrected chi connectivity index (χ2v) is 7.22. The molecule has 0 spiro atoms. The molecular weight excluding hydrogens is 408 g/mol. The van der Waals surface area contributed by atoms with E-state index in [1.165, 1.54) is 30.4 Å². The van der Waals surface area contributed by atoms with Crippen molar-refractivity contribution in [2.75, 3.05) is 13.7 Å². The van der Waals surface area contributed by atoms with Gasteiger partial charge in [0.1, 0.15) is 12.8 Å². The van der Waals surface area contributed by atoms with Crippen molar-refractivity contribution in [3.05, 3.63) is 71.4 Å². The van der Waals surface area contributed by atoms with E-state index in [9.17, 15) is 18.7 Å². The SMILES string of the molecule is CO[n+]1ccnc(-n2nc(C(=O)N[C@H](CO)c3ccccc3)c3c2C(F)(F)CCC3)c1. The summed E-state index contributed by atoms with van der Waals surface area (Å²) in [5.41, 5.74) is 0.444. The van der Waals surface area contributed by atoms with Crippen molar-refractivity contribution in [1.29, 1.82) is 0 Å². The first-order chi connectivity index (χ1) is 14.9. The molecule has 4 rings (SSSR count). The van der Waals surface area contributed by atoms with E-state index in [1.54, 1.807) is 24.3 Å². The van der Waals surface area contributed by atoms with Gasteiger partial charge in [-0.25, -0.2) is 9.67 Å². The highest BCUT2D eigenvalue weighted by Gasteiger charge is 2.44. The molecule has 1 amide bonds. The Balaban J connectivity index is 1.76. The van der Waals surface area contributed by atoms with Crippen molar-refractivity contribution in [3.8, 4) is 5.82 Å². The zero-order valence-corrected chi connectivity index (χ0v) is 16.8. The van der Waals surface area contributed by atoms with Crippen LogP contribution in [0.4, 0.5) is 8.78 Å². The predicted molar refractivity (Wildman–Crippen MR) is 105 cm³/mol. The summed E-state index contributed by atoms with van der Waals surface area (Å²) in [6.07, 6.45) is 4.49. The summed E-state index contributed by atoms with van der Waals surface area (Å²) >= 11 is 0. The molecule has 162 valence electrons. The number of fused-ring (bicyclic) bond motifs is 1. The minimum absolute atomic E-state index is 0.0987. The molecule has 0 saturated carbocycles. The molecule has 0 radical (unpaired) electrons. The maximum absolute atomic E-state index is 14.9. The molecule has 0 bridgehead atoms. The first-order valence-corrected chi connectivity index (χ1v) is 9.83. The van der Waals surface area contributed by atoms with Gasteiger partial charge in [-0.1, -0.05) is 30.3 Å². The first-order valence-electron chi connectivity index (χ1n) is 9.83. The number of alkyl halides is 2. The fraction of sp³-hybridized carbons (Fsp3) is 0.333. The third-order valence-corrected chi connectivity index (χ3v) is 5.24. The molecule has 1 aliphatic carbocycles. The maximum atomic E-state index is 14.9. The van der Waals surface area contributed by atoms with Crippen LogP contribution < -0.4 is 14.9 Å². The molecule has 31 heavy (non-hydrogen) atoms. The van der Waals surface area contributed by atoms with Gasteiger partial charge in [-0.15, -0.1) is 0 Å². The molecule has 2 heterocycles. The van der Waals surface area contributed by atoms with Crippen LogP contribution in [0.25, 0.3) is 5.82 Å². The molecule has 10 heteroatoms. The first kappa shape index (κ1) is 20.9. The smallest absolute Gasteiger partial charge is 0.290 e. The number of benzene rings is 1. The van der Waals surface area contributed by atoms with Crippen LogP contribution in [-0.2, 0) is 12.3 Å². The van der Waals surface area contributed by atoms with Crippen LogP contribution >= 0.6 is 0 Å². The Bertz CT molecular complexity index is 1090. The Morgan fingerprint density at radius 2 is 2.16 bits per heavy atom. The highest BCUT2D eigenvalue weighted by atomic mass is 19.3. The molecule has 0 fully saturated rings. The van der Waals surface area contributed by atoms with E-state index in [4.69, 9.17) is 4.84 Å². The highest BCUT2D eigenvalue weighted by Crippen LogP contribution is 2.42. The van der Waals surface area contributed by atoms with E-state index < -0.39 is 17.9 Å². The van der Waals surface area contributed by atoms with E-state index in [-0.39, 0.29) is 42.2 Å². The molecule has 1 aromatic carbocycles. The van der Waals surface area contributed by atoms with Gasteiger partial charge in [-0.05, 0) is 18.4 Å². The van der Waals surface area contributed by atoms with Gasteiger partial charge in [0.05, 0.1) is 18.8 Å². The maximum Gasteiger partial charge on any atom is 0.290 e. The summed E-state index contributed by atoms with van der Waals surface area (Å²) in [6, 6.07) is 8.23. The summed E-state index contributed by atoms with van der Waals surface area (Å²) in [4.78, 5) is 22.3. The van der Waals surface area contributed by atoms with Crippen LogP contribution in [0.1, 0.15) is 46.2 Å².